The minimum Gasteiger partial charge on any atom is -0.378 e. The molecule has 2 aliphatic rings. The zero-order valence-electron chi connectivity index (χ0n) is 12.4. The van der Waals surface area contributed by atoms with Gasteiger partial charge in [0.15, 0.2) is 0 Å². The fourth-order valence-electron chi connectivity index (χ4n) is 3.22. The SMILES string of the molecule is Cc1cnc(N2CCC(OCC3CCCC3)CC2)nc1. The Balaban J connectivity index is 1.43. The van der Waals surface area contributed by atoms with Crippen LogP contribution in [0.3, 0.4) is 0 Å². The summed E-state index contributed by atoms with van der Waals surface area (Å²) in [6.45, 7) is 5.02. The second-order valence-corrected chi connectivity index (χ2v) is 6.23. The second-order valence-electron chi connectivity index (χ2n) is 6.23. The van der Waals surface area contributed by atoms with E-state index < -0.39 is 0 Å². The summed E-state index contributed by atoms with van der Waals surface area (Å²) in [7, 11) is 0. The van der Waals surface area contributed by atoms with E-state index in [1.54, 1.807) is 0 Å². The highest BCUT2D eigenvalue weighted by molar-refractivity contribution is 5.30. The molecule has 0 radical (unpaired) electrons. The summed E-state index contributed by atoms with van der Waals surface area (Å²) in [5.74, 6) is 1.69. The number of ether oxygens (including phenoxy) is 1. The molecule has 110 valence electrons. The van der Waals surface area contributed by atoms with E-state index in [0.717, 1.165) is 50.0 Å². The molecular weight excluding hydrogens is 250 g/mol. The minimum atomic E-state index is 0.442. The van der Waals surface area contributed by atoms with Gasteiger partial charge in [-0.3, -0.25) is 0 Å². The molecule has 0 unspecified atom stereocenters. The molecular formula is C16H25N3O. The van der Waals surface area contributed by atoms with Gasteiger partial charge in [-0.15, -0.1) is 0 Å². The molecule has 1 saturated heterocycles. The predicted molar refractivity (Wildman–Crippen MR) is 79.9 cm³/mol. The Morgan fingerprint density at radius 3 is 2.40 bits per heavy atom. The number of nitrogens with zero attached hydrogens (tertiary/aromatic N) is 3. The van der Waals surface area contributed by atoms with E-state index in [2.05, 4.69) is 14.9 Å². The summed E-state index contributed by atoms with van der Waals surface area (Å²) in [5.41, 5.74) is 1.11. The van der Waals surface area contributed by atoms with E-state index in [1.807, 2.05) is 19.3 Å². The molecule has 1 aromatic heterocycles. The monoisotopic (exact) mass is 275 g/mol. The van der Waals surface area contributed by atoms with Crippen LogP contribution in [0, 0.1) is 12.8 Å². The van der Waals surface area contributed by atoms with Crippen LogP contribution < -0.4 is 4.90 Å². The molecule has 1 saturated carbocycles. The second kappa shape index (κ2) is 6.53. The summed E-state index contributed by atoms with van der Waals surface area (Å²) < 4.78 is 6.10. The van der Waals surface area contributed by atoms with Crippen molar-refractivity contribution in [1.82, 2.24) is 9.97 Å². The van der Waals surface area contributed by atoms with E-state index >= 15 is 0 Å². The van der Waals surface area contributed by atoms with Gasteiger partial charge in [0.05, 0.1) is 6.10 Å². The molecule has 4 heteroatoms. The Morgan fingerprint density at radius 2 is 1.75 bits per heavy atom. The fraction of sp³-hybridized carbons (Fsp3) is 0.750. The third kappa shape index (κ3) is 3.48. The van der Waals surface area contributed by atoms with Crippen molar-refractivity contribution in [2.45, 2.75) is 51.6 Å². The maximum Gasteiger partial charge on any atom is 0.225 e. The summed E-state index contributed by atoms with van der Waals surface area (Å²) >= 11 is 0. The van der Waals surface area contributed by atoms with Crippen LogP contribution in [0.15, 0.2) is 12.4 Å². The molecule has 0 spiro atoms. The first-order chi connectivity index (χ1) is 9.81. The number of aryl methyl sites for hydroxylation is 1. The molecule has 1 aromatic rings. The minimum absolute atomic E-state index is 0.442. The van der Waals surface area contributed by atoms with Gasteiger partial charge in [0.1, 0.15) is 0 Å². The third-order valence-electron chi connectivity index (χ3n) is 4.53. The van der Waals surface area contributed by atoms with E-state index in [-0.39, 0.29) is 0 Å². The van der Waals surface area contributed by atoms with Crippen molar-refractivity contribution in [3.63, 3.8) is 0 Å². The van der Waals surface area contributed by atoms with E-state index in [0.29, 0.717) is 6.10 Å². The smallest absolute Gasteiger partial charge is 0.225 e. The van der Waals surface area contributed by atoms with Gasteiger partial charge in [-0.05, 0) is 44.1 Å². The first-order valence-corrected chi connectivity index (χ1v) is 7.96. The molecule has 0 N–H and O–H groups in total. The fourth-order valence-corrected chi connectivity index (χ4v) is 3.22. The largest absolute Gasteiger partial charge is 0.378 e. The van der Waals surface area contributed by atoms with Crippen molar-refractivity contribution in [1.29, 1.82) is 0 Å². The van der Waals surface area contributed by atoms with E-state index in [4.69, 9.17) is 4.74 Å². The van der Waals surface area contributed by atoms with Gasteiger partial charge in [-0.2, -0.15) is 0 Å². The van der Waals surface area contributed by atoms with Crippen LogP contribution in [0.2, 0.25) is 0 Å². The summed E-state index contributed by atoms with van der Waals surface area (Å²) in [6, 6.07) is 0. The normalized spacial score (nSPS) is 21.6. The topological polar surface area (TPSA) is 38.2 Å². The lowest BCUT2D eigenvalue weighted by Crippen LogP contribution is -2.38. The number of aromatic nitrogens is 2. The number of piperidine rings is 1. The molecule has 20 heavy (non-hydrogen) atoms. The predicted octanol–water partition coefficient (Wildman–Crippen LogP) is 2.96. The molecule has 1 aliphatic heterocycles. The molecule has 0 bridgehead atoms. The van der Waals surface area contributed by atoms with Gasteiger partial charge >= 0.3 is 0 Å². The summed E-state index contributed by atoms with van der Waals surface area (Å²) in [6.07, 6.45) is 12.0. The van der Waals surface area contributed by atoms with Crippen molar-refractivity contribution in [2.24, 2.45) is 5.92 Å². The van der Waals surface area contributed by atoms with Gasteiger partial charge in [0.25, 0.3) is 0 Å². The van der Waals surface area contributed by atoms with Crippen LogP contribution in [0.4, 0.5) is 5.95 Å². The van der Waals surface area contributed by atoms with Crippen molar-refractivity contribution in [3.8, 4) is 0 Å². The molecule has 0 amide bonds. The van der Waals surface area contributed by atoms with Crippen LogP contribution in [-0.2, 0) is 4.74 Å². The van der Waals surface area contributed by atoms with Crippen LogP contribution >= 0.6 is 0 Å². The Kier molecular flexibility index (Phi) is 4.51. The molecule has 2 heterocycles. The number of hydrogen-bond donors (Lipinski definition) is 0. The Morgan fingerprint density at radius 1 is 1.10 bits per heavy atom. The average molecular weight is 275 g/mol. The average Bonchev–Trinajstić information content (AvgIpc) is 3.00. The van der Waals surface area contributed by atoms with Gasteiger partial charge in [0.2, 0.25) is 5.95 Å². The lowest BCUT2D eigenvalue weighted by atomic mass is 10.1. The zero-order chi connectivity index (χ0) is 13.8. The molecule has 4 nitrogen and oxygen atoms in total. The number of rotatable bonds is 4. The van der Waals surface area contributed by atoms with Crippen LogP contribution in [0.5, 0.6) is 0 Å². The molecule has 0 atom stereocenters. The van der Waals surface area contributed by atoms with Crippen molar-refractivity contribution < 1.29 is 4.74 Å². The Bertz CT molecular complexity index is 406. The van der Waals surface area contributed by atoms with Crippen molar-refractivity contribution in [2.75, 3.05) is 24.6 Å². The summed E-state index contributed by atoms with van der Waals surface area (Å²) in [5, 5.41) is 0. The van der Waals surface area contributed by atoms with Gasteiger partial charge in [-0.1, -0.05) is 12.8 Å². The number of anilines is 1. The first-order valence-electron chi connectivity index (χ1n) is 7.96. The van der Waals surface area contributed by atoms with Crippen LogP contribution in [0.1, 0.15) is 44.1 Å². The van der Waals surface area contributed by atoms with Crippen molar-refractivity contribution in [3.05, 3.63) is 18.0 Å². The maximum atomic E-state index is 6.10. The van der Waals surface area contributed by atoms with Crippen LogP contribution in [0.25, 0.3) is 0 Å². The Labute approximate surface area is 121 Å². The Hall–Kier alpha value is -1.16. The highest BCUT2D eigenvalue weighted by Crippen LogP contribution is 2.26. The lowest BCUT2D eigenvalue weighted by molar-refractivity contribution is 0.0163. The highest BCUT2D eigenvalue weighted by atomic mass is 16.5. The van der Waals surface area contributed by atoms with E-state index in [1.165, 1.54) is 25.7 Å². The highest BCUT2D eigenvalue weighted by Gasteiger charge is 2.23. The summed E-state index contributed by atoms with van der Waals surface area (Å²) in [4.78, 5) is 11.1. The zero-order valence-corrected chi connectivity index (χ0v) is 12.4. The van der Waals surface area contributed by atoms with Crippen molar-refractivity contribution >= 4 is 5.95 Å². The molecule has 3 rings (SSSR count). The standard InChI is InChI=1S/C16H25N3O/c1-13-10-17-16(18-11-13)19-8-6-15(7-9-19)20-12-14-4-2-3-5-14/h10-11,14-15H,2-9,12H2,1H3. The lowest BCUT2D eigenvalue weighted by Gasteiger charge is -2.32. The van der Waals surface area contributed by atoms with Gasteiger partial charge < -0.3 is 9.64 Å². The molecule has 2 fully saturated rings. The molecule has 0 aromatic carbocycles. The number of hydrogen-bond acceptors (Lipinski definition) is 4. The third-order valence-corrected chi connectivity index (χ3v) is 4.53. The van der Waals surface area contributed by atoms with Gasteiger partial charge in [-0.25, -0.2) is 9.97 Å². The quantitative estimate of drug-likeness (QED) is 0.847. The maximum absolute atomic E-state index is 6.10. The van der Waals surface area contributed by atoms with Crippen LogP contribution in [-0.4, -0.2) is 35.8 Å². The first kappa shape index (κ1) is 13.8. The molecule has 1 aliphatic carbocycles. The van der Waals surface area contributed by atoms with Gasteiger partial charge in [0, 0.05) is 32.1 Å². The van der Waals surface area contributed by atoms with E-state index in [9.17, 15) is 0 Å².